The molecule has 1 atom stereocenters. The number of rotatable bonds is 8. The molecular weight excluding hydrogens is 468 g/mol. The van der Waals surface area contributed by atoms with Gasteiger partial charge in [0.25, 0.3) is 5.91 Å². The maximum absolute atomic E-state index is 13.4. The normalized spacial score (nSPS) is 14.2. The summed E-state index contributed by atoms with van der Waals surface area (Å²) >= 11 is 1.30. The number of amides is 2. The second-order valence-corrected chi connectivity index (χ2v) is 10.5. The van der Waals surface area contributed by atoms with E-state index < -0.39 is 5.41 Å². The Morgan fingerprint density at radius 1 is 0.889 bits per heavy atom. The lowest BCUT2D eigenvalue weighted by atomic mass is 9.70. The molecule has 1 aromatic heterocycles. The summed E-state index contributed by atoms with van der Waals surface area (Å²) in [5.41, 5.74) is 5.71. The third-order valence-corrected chi connectivity index (χ3v) is 7.26. The minimum Gasteiger partial charge on any atom is -0.349 e. The van der Waals surface area contributed by atoms with Gasteiger partial charge >= 0.3 is 0 Å². The van der Waals surface area contributed by atoms with Crippen LogP contribution in [0.5, 0.6) is 0 Å². The number of anilines is 1. The second-order valence-electron chi connectivity index (χ2n) is 9.71. The van der Waals surface area contributed by atoms with Crippen molar-refractivity contribution in [2.75, 3.05) is 5.32 Å². The van der Waals surface area contributed by atoms with Gasteiger partial charge in [0, 0.05) is 17.5 Å². The molecule has 7 heteroatoms. The van der Waals surface area contributed by atoms with Crippen LogP contribution in [0, 0.1) is 5.41 Å². The van der Waals surface area contributed by atoms with Crippen molar-refractivity contribution < 1.29 is 9.59 Å². The Morgan fingerprint density at radius 2 is 1.50 bits per heavy atom. The molecule has 1 saturated carbocycles. The van der Waals surface area contributed by atoms with Crippen molar-refractivity contribution in [2.24, 2.45) is 5.41 Å². The Morgan fingerprint density at radius 3 is 2.08 bits per heavy atom. The fourth-order valence-corrected chi connectivity index (χ4v) is 4.91. The lowest BCUT2D eigenvalue weighted by molar-refractivity contribution is -0.124. The predicted molar refractivity (Wildman–Crippen MR) is 143 cm³/mol. The number of nitrogens with zero attached hydrogens (tertiary/aromatic N) is 2. The van der Waals surface area contributed by atoms with Crippen LogP contribution in [-0.2, 0) is 4.79 Å². The summed E-state index contributed by atoms with van der Waals surface area (Å²) in [6, 6.07) is 26.4. The Balaban J connectivity index is 1.40. The summed E-state index contributed by atoms with van der Waals surface area (Å²) in [5.74, 6) is -0.300. The molecule has 0 aliphatic heterocycles. The van der Waals surface area contributed by atoms with Crippen LogP contribution < -0.4 is 10.6 Å². The van der Waals surface area contributed by atoms with Gasteiger partial charge in [-0.05, 0) is 47.2 Å². The van der Waals surface area contributed by atoms with Gasteiger partial charge in [-0.1, -0.05) is 91.9 Å². The third-order valence-electron chi connectivity index (χ3n) is 6.66. The molecule has 1 fully saturated rings. The molecule has 5 rings (SSSR count). The van der Waals surface area contributed by atoms with E-state index in [9.17, 15) is 9.59 Å². The standard InChI is InChI=1S/C29H28N4O2S/c1-29(2,27(35)32-28-33-30-18-36-28)25(21-6-4-3-5-7-21)22-12-8-19(9-13-22)20-10-14-23(15-11-20)26(34)31-24-16-17-24/h3-15,18,24-25H,16-17H2,1-2H3,(H,31,34)(H,32,33,35). The van der Waals surface area contributed by atoms with E-state index >= 15 is 0 Å². The largest absolute Gasteiger partial charge is 0.349 e. The predicted octanol–water partition coefficient (Wildman–Crippen LogP) is 5.89. The van der Waals surface area contributed by atoms with Gasteiger partial charge in [-0.15, -0.1) is 10.2 Å². The quantitative estimate of drug-likeness (QED) is 0.318. The molecule has 0 spiro atoms. The Hall–Kier alpha value is -3.84. The van der Waals surface area contributed by atoms with Crippen molar-refractivity contribution in [1.29, 1.82) is 0 Å². The van der Waals surface area contributed by atoms with E-state index in [2.05, 4.69) is 57.2 Å². The van der Waals surface area contributed by atoms with E-state index in [1.807, 2.05) is 56.3 Å². The lowest BCUT2D eigenvalue weighted by Gasteiger charge is -2.33. The smallest absolute Gasteiger partial charge is 0.251 e. The highest BCUT2D eigenvalue weighted by Crippen LogP contribution is 2.42. The fourth-order valence-electron chi connectivity index (χ4n) is 4.47. The molecule has 2 N–H and O–H groups in total. The van der Waals surface area contributed by atoms with Crippen molar-refractivity contribution in [1.82, 2.24) is 15.5 Å². The van der Waals surface area contributed by atoms with Crippen molar-refractivity contribution in [3.05, 3.63) is 101 Å². The van der Waals surface area contributed by atoms with Gasteiger partial charge in [-0.2, -0.15) is 0 Å². The highest BCUT2D eigenvalue weighted by atomic mass is 32.1. The number of aromatic nitrogens is 2. The first-order valence-corrected chi connectivity index (χ1v) is 12.9. The molecule has 4 aromatic rings. The number of hydrogen-bond acceptors (Lipinski definition) is 5. The van der Waals surface area contributed by atoms with Gasteiger partial charge in [0.2, 0.25) is 11.0 Å². The molecular formula is C29H28N4O2S. The molecule has 36 heavy (non-hydrogen) atoms. The van der Waals surface area contributed by atoms with Crippen molar-refractivity contribution in [3.63, 3.8) is 0 Å². The molecule has 3 aromatic carbocycles. The molecule has 0 radical (unpaired) electrons. The van der Waals surface area contributed by atoms with Crippen LogP contribution in [-0.4, -0.2) is 28.1 Å². The van der Waals surface area contributed by atoms with E-state index in [1.165, 1.54) is 11.3 Å². The first-order chi connectivity index (χ1) is 17.4. The highest BCUT2D eigenvalue weighted by Gasteiger charge is 2.39. The van der Waals surface area contributed by atoms with Gasteiger partial charge < -0.3 is 10.6 Å². The summed E-state index contributed by atoms with van der Waals surface area (Å²) in [7, 11) is 0. The number of carbonyl (C=O) groups is 2. The number of nitrogens with one attached hydrogen (secondary N) is 2. The van der Waals surface area contributed by atoms with Gasteiger partial charge in [0.15, 0.2) is 0 Å². The van der Waals surface area contributed by atoms with Crippen LogP contribution in [0.1, 0.15) is 54.1 Å². The molecule has 0 saturated heterocycles. The molecule has 1 aliphatic carbocycles. The summed E-state index contributed by atoms with van der Waals surface area (Å²) in [4.78, 5) is 25.7. The highest BCUT2D eigenvalue weighted by molar-refractivity contribution is 7.13. The SMILES string of the molecule is CC(C)(C(=O)Nc1nncs1)C(c1ccccc1)c1ccc(-c2ccc(C(=O)NC3CC3)cc2)cc1. The second kappa shape index (κ2) is 10.0. The summed E-state index contributed by atoms with van der Waals surface area (Å²) < 4.78 is 0. The van der Waals surface area contributed by atoms with Crippen LogP contribution in [0.25, 0.3) is 11.1 Å². The van der Waals surface area contributed by atoms with Crippen molar-refractivity contribution in [3.8, 4) is 11.1 Å². The Kier molecular flexibility index (Phi) is 6.65. The third kappa shape index (κ3) is 5.21. The average molecular weight is 497 g/mol. The van der Waals surface area contributed by atoms with Crippen LogP contribution in [0.4, 0.5) is 5.13 Å². The topological polar surface area (TPSA) is 84.0 Å². The molecule has 2 amide bonds. The number of hydrogen-bond donors (Lipinski definition) is 2. The van der Waals surface area contributed by atoms with E-state index in [4.69, 9.17) is 0 Å². The minimum absolute atomic E-state index is 0.0147. The Labute approximate surface area is 214 Å². The van der Waals surface area contributed by atoms with Gasteiger partial charge in [-0.3, -0.25) is 9.59 Å². The monoisotopic (exact) mass is 496 g/mol. The zero-order valence-corrected chi connectivity index (χ0v) is 21.1. The summed E-state index contributed by atoms with van der Waals surface area (Å²) in [6.07, 6.45) is 2.14. The first-order valence-electron chi connectivity index (χ1n) is 12.1. The summed E-state index contributed by atoms with van der Waals surface area (Å²) in [5, 5.41) is 14.2. The zero-order chi connectivity index (χ0) is 25.1. The molecule has 182 valence electrons. The maximum atomic E-state index is 13.4. The van der Waals surface area contributed by atoms with Gasteiger partial charge in [-0.25, -0.2) is 0 Å². The van der Waals surface area contributed by atoms with Gasteiger partial charge in [0.1, 0.15) is 5.51 Å². The van der Waals surface area contributed by atoms with Crippen LogP contribution >= 0.6 is 11.3 Å². The lowest BCUT2D eigenvalue weighted by Crippen LogP contribution is -2.37. The zero-order valence-electron chi connectivity index (χ0n) is 20.3. The van der Waals surface area contributed by atoms with Crippen LogP contribution in [0.15, 0.2) is 84.4 Å². The van der Waals surface area contributed by atoms with E-state index in [0.717, 1.165) is 35.1 Å². The molecule has 6 nitrogen and oxygen atoms in total. The maximum Gasteiger partial charge on any atom is 0.251 e. The van der Waals surface area contributed by atoms with Crippen molar-refractivity contribution >= 4 is 28.3 Å². The Bertz CT molecular complexity index is 1330. The summed E-state index contributed by atoms with van der Waals surface area (Å²) in [6.45, 7) is 3.92. The number of carbonyl (C=O) groups excluding carboxylic acids is 2. The van der Waals surface area contributed by atoms with Crippen LogP contribution in [0.2, 0.25) is 0 Å². The molecule has 0 bridgehead atoms. The van der Waals surface area contributed by atoms with E-state index in [-0.39, 0.29) is 17.7 Å². The van der Waals surface area contributed by atoms with E-state index in [0.29, 0.717) is 16.7 Å². The minimum atomic E-state index is -0.759. The van der Waals surface area contributed by atoms with E-state index in [1.54, 1.807) is 5.51 Å². The van der Waals surface area contributed by atoms with Gasteiger partial charge in [0.05, 0.1) is 5.41 Å². The molecule has 1 heterocycles. The average Bonchev–Trinajstić information content (AvgIpc) is 3.56. The fraction of sp³-hybridized carbons (Fsp3) is 0.241. The number of benzene rings is 3. The van der Waals surface area contributed by atoms with Crippen molar-refractivity contribution in [2.45, 2.75) is 38.6 Å². The first kappa shape index (κ1) is 23.9. The molecule has 1 unspecified atom stereocenters. The molecule has 1 aliphatic rings. The van der Waals surface area contributed by atoms with Crippen LogP contribution in [0.3, 0.4) is 0 Å².